The molecule has 0 saturated heterocycles. The van der Waals surface area contributed by atoms with Crippen molar-refractivity contribution in [2.24, 2.45) is 11.3 Å². The zero-order valence-corrected chi connectivity index (χ0v) is 16.5. The molecule has 0 amide bonds. The molecule has 3 rings (SSSR count). The molecule has 1 atom stereocenters. The normalized spacial score (nSPS) is 27.9. The molecule has 7 heteroatoms. The Bertz CT molecular complexity index is 697. The molecule has 156 valence electrons. The maximum atomic E-state index is 12.5. The molecule has 1 spiro atoms. The van der Waals surface area contributed by atoms with Crippen LogP contribution in [0.2, 0.25) is 5.02 Å². The van der Waals surface area contributed by atoms with Crippen molar-refractivity contribution in [2.45, 2.75) is 76.5 Å². The molecular weight excluding hydrogens is 393 g/mol. The molecular formula is C21H26ClF3O3. The summed E-state index contributed by atoms with van der Waals surface area (Å²) in [6.45, 7) is 0. The van der Waals surface area contributed by atoms with Crippen LogP contribution in [0.15, 0.2) is 18.2 Å². The first-order chi connectivity index (χ1) is 13.2. The molecule has 3 nitrogen and oxygen atoms in total. The van der Waals surface area contributed by atoms with E-state index in [4.69, 9.17) is 16.7 Å². The molecule has 28 heavy (non-hydrogen) atoms. The summed E-state index contributed by atoms with van der Waals surface area (Å²) in [5, 5.41) is 9.28. The van der Waals surface area contributed by atoms with Crippen molar-refractivity contribution in [1.29, 1.82) is 0 Å². The Morgan fingerprint density at radius 2 is 1.89 bits per heavy atom. The number of hydrogen-bond acceptors (Lipinski definition) is 2. The molecule has 1 N–H and O–H groups in total. The highest BCUT2D eigenvalue weighted by Gasteiger charge is 2.42. The van der Waals surface area contributed by atoms with Crippen LogP contribution < -0.4 is 4.74 Å². The highest BCUT2D eigenvalue weighted by Crippen LogP contribution is 2.55. The first kappa shape index (κ1) is 21.3. The maximum absolute atomic E-state index is 12.5. The Balaban J connectivity index is 1.57. The number of carbonyl (C=O) groups is 1. The standard InChI is InChI=1S/C21H26ClF3O3/c22-18-5-4-16(28-21(23,24)25)12-17(18)15-7-10-20(11-8-15)9-6-14(13-20)2-1-3-19(26)27/h4-5,12,14-15H,1-3,6-11,13H2,(H,26,27). The summed E-state index contributed by atoms with van der Waals surface area (Å²) in [5.41, 5.74) is 1.06. The van der Waals surface area contributed by atoms with Crippen molar-refractivity contribution < 1.29 is 27.8 Å². The minimum Gasteiger partial charge on any atom is -0.481 e. The average molecular weight is 419 g/mol. The molecule has 1 unspecified atom stereocenters. The molecule has 0 aliphatic heterocycles. The summed E-state index contributed by atoms with van der Waals surface area (Å²) in [6, 6.07) is 4.17. The summed E-state index contributed by atoms with van der Waals surface area (Å²) in [4.78, 5) is 10.7. The van der Waals surface area contributed by atoms with E-state index in [-0.39, 0.29) is 18.1 Å². The van der Waals surface area contributed by atoms with Crippen LogP contribution >= 0.6 is 11.6 Å². The van der Waals surface area contributed by atoms with Gasteiger partial charge in [-0.2, -0.15) is 0 Å². The van der Waals surface area contributed by atoms with Crippen LogP contribution in [-0.2, 0) is 4.79 Å². The van der Waals surface area contributed by atoms with Gasteiger partial charge in [0.1, 0.15) is 5.75 Å². The monoisotopic (exact) mass is 418 g/mol. The fourth-order valence-corrected chi connectivity index (χ4v) is 5.41. The maximum Gasteiger partial charge on any atom is 0.573 e. The molecule has 0 aromatic heterocycles. The fourth-order valence-electron chi connectivity index (χ4n) is 5.14. The second kappa shape index (κ2) is 8.52. The smallest absolute Gasteiger partial charge is 0.481 e. The van der Waals surface area contributed by atoms with Gasteiger partial charge in [0.15, 0.2) is 0 Å². The number of aliphatic carboxylic acids is 1. The van der Waals surface area contributed by atoms with Gasteiger partial charge in [-0.3, -0.25) is 4.79 Å². The van der Waals surface area contributed by atoms with E-state index in [0.29, 0.717) is 16.4 Å². The van der Waals surface area contributed by atoms with Crippen LogP contribution in [-0.4, -0.2) is 17.4 Å². The number of rotatable bonds is 6. The molecule has 1 aromatic carbocycles. The van der Waals surface area contributed by atoms with E-state index < -0.39 is 12.3 Å². The number of carboxylic acid groups (broad SMARTS) is 1. The van der Waals surface area contributed by atoms with Crippen molar-refractivity contribution in [3.8, 4) is 5.75 Å². The number of halogens is 4. The third-order valence-corrected chi connectivity index (χ3v) is 6.84. The van der Waals surface area contributed by atoms with Gasteiger partial charge in [0.25, 0.3) is 0 Å². The summed E-state index contributed by atoms with van der Waals surface area (Å²) in [7, 11) is 0. The molecule has 0 bridgehead atoms. The van der Waals surface area contributed by atoms with Gasteiger partial charge in [-0.25, -0.2) is 0 Å². The highest BCUT2D eigenvalue weighted by molar-refractivity contribution is 6.31. The third kappa shape index (κ3) is 5.56. The molecule has 0 heterocycles. The molecule has 2 aliphatic rings. The van der Waals surface area contributed by atoms with Gasteiger partial charge >= 0.3 is 12.3 Å². The lowest BCUT2D eigenvalue weighted by molar-refractivity contribution is -0.274. The SMILES string of the molecule is O=C(O)CCCC1CCC2(CCC(c3cc(OC(F)(F)F)ccc3Cl)CC2)C1. The Morgan fingerprint density at radius 1 is 1.21 bits per heavy atom. The summed E-state index contributed by atoms with van der Waals surface area (Å²) < 4.78 is 41.5. The third-order valence-electron chi connectivity index (χ3n) is 6.49. The lowest BCUT2D eigenvalue weighted by Crippen LogP contribution is -2.24. The largest absolute Gasteiger partial charge is 0.573 e. The van der Waals surface area contributed by atoms with Crippen LogP contribution in [0.3, 0.4) is 0 Å². The highest BCUT2D eigenvalue weighted by atomic mass is 35.5. The second-order valence-corrected chi connectivity index (χ2v) is 8.81. The lowest BCUT2D eigenvalue weighted by Gasteiger charge is -2.38. The lowest BCUT2D eigenvalue weighted by atomic mass is 9.67. The quantitative estimate of drug-likeness (QED) is 0.544. The van der Waals surface area contributed by atoms with Crippen LogP contribution in [0.1, 0.15) is 75.7 Å². The fraction of sp³-hybridized carbons (Fsp3) is 0.667. The van der Waals surface area contributed by atoms with Gasteiger partial charge in [0.05, 0.1) is 0 Å². The van der Waals surface area contributed by atoms with E-state index in [0.717, 1.165) is 56.9 Å². The van der Waals surface area contributed by atoms with E-state index in [1.807, 2.05) is 0 Å². The first-order valence-corrected chi connectivity index (χ1v) is 10.3. The van der Waals surface area contributed by atoms with E-state index in [2.05, 4.69) is 4.74 Å². The van der Waals surface area contributed by atoms with Crippen LogP contribution in [0, 0.1) is 11.3 Å². The van der Waals surface area contributed by atoms with Gasteiger partial charge in [-0.15, -0.1) is 13.2 Å². The van der Waals surface area contributed by atoms with Crippen LogP contribution in [0.25, 0.3) is 0 Å². The summed E-state index contributed by atoms with van der Waals surface area (Å²) in [6.07, 6.45) is 4.63. The van der Waals surface area contributed by atoms with Crippen molar-refractivity contribution >= 4 is 17.6 Å². The Labute approximate surface area is 168 Å². The van der Waals surface area contributed by atoms with E-state index in [1.165, 1.54) is 24.6 Å². The molecule has 1 aromatic rings. The Kier molecular flexibility index (Phi) is 6.47. The summed E-state index contributed by atoms with van der Waals surface area (Å²) in [5.74, 6) is -0.197. The van der Waals surface area contributed by atoms with Gasteiger partial charge in [-0.05, 0) is 98.8 Å². The summed E-state index contributed by atoms with van der Waals surface area (Å²) >= 11 is 6.27. The van der Waals surface area contributed by atoms with Gasteiger partial charge in [-0.1, -0.05) is 11.6 Å². The van der Waals surface area contributed by atoms with Crippen molar-refractivity contribution in [3.63, 3.8) is 0 Å². The molecule has 2 fully saturated rings. The van der Waals surface area contributed by atoms with Crippen molar-refractivity contribution in [3.05, 3.63) is 28.8 Å². The Hall–Kier alpha value is -1.43. The van der Waals surface area contributed by atoms with Crippen LogP contribution in [0.5, 0.6) is 5.75 Å². The topological polar surface area (TPSA) is 46.5 Å². The van der Waals surface area contributed by atoms with E-state index in [1.54, 1.807) is 0 Å². The molecule has 2 aliphatic carbocycles. The van der Waals surface area contributed by atoms with Crippen LogP contribution in [0.4, 0.5) is 13.2 Å². The van der Waals surface area contributed by atoms with E-state index in [9.17, 15) is 18.0 Å². The second-order valence-electron chi connectivity index (χ2n) is 8.40. The van der Waals surface area contributed by atoms with Crippen molar-refractivity contribution in [2.75, 3.05) is 0 Å². The van der Waals surface area contributed by atoms with Gasteiger partial charge in [0, 0.05) is 11.4 Å². The van der Waals surface area contributed by atoms with Crippen molar-refractivity contribution in [1.82, 2.24) is 0 Å². The number of hydrogen-bond donors (Lipinski definition) is 1. The number of alkyl halides is 3. The minimum absolute atomic E-state index is 0.154. The molecule has 0 radical (unpaired) electrons. The minimum atomic E-state index is -4.71. The van der Waals surface area contributed by atoms with Gasteiger partial charge < -0.3 is 9.84 Å². The zero-order valence-electron chi connectivity index (χ0n) is 15.7. The number of carboxylic acids is 1. The first-order valence-electron chi connectivity index (χ1n) is 9.93. The van der Waals surface area contributed by atoms with E-state index >= 15 is 0 Å². The number of ether oxygens (including phenoxy) is 1. The predicted octanol–water partition coefficient (Wildman–Crippen LogP) is 6.94. The predicted molar refractivity (Wildman–Crippen MR) is 101 cm³/mol. The Morgan fingerprint density at radius 3 is 2.54 bits per heavy atom. The number of benzene rings is 1. The zero-order chi connectivity index (χ0) is 20.4. The van der Waals surface area contributed by atoms with Gasteiger partial charge in [0.2, 0.25) is 0 Å². The average Bonchev–Trinajstić information content (AvgIpc) is 2.99. The molecule has 2 saturated carbocycles.